The highest BCUT2D eigenvalue weighted by Crippen LogP contribution is 2.24. The van der Waals surface area contributed by atoms with Gasteiger partial charge in [0.05, 0.1) is 23.4 Å². The van der Waals surface area contributed by atoms with Gasteiger partial charge in [0.15, 0.2) is 0 Å². The zero-order chi connectivity index (χ0) is 15.5. The Morgan fingerprint density at radius 2 is 2.23 bits per heavy atom. The number of nitrogens with one attached hydrogen (secondary N) is 1. The molecule has 110 valence electrons. The fourth-order valence-electron chi connectivity index (χ4n) is 2.16. The number of furan rings is 1. The van der Waals surface area contributed by atoms with E-state index in [-0.39, 0.29) is 6.54 Å². The maximum atomic E-state index is 9.98. The minimum absolute atomic E-state index is 0.227. The van der Waals surface area contributed by atoms with E-state index in [0.29, 0.717) is 33.1 Å². The predicted octanol–water partition coefficient (Wildman–Crippen LogP) is 3.50. The Morgan fingerprint density at radius 1 is 1.36 bits per heavy atom. The molecular weight excluding hydrogens is 302 g/mol. The number of hydrogen-bond donors (Lipinski definition) is 2. The molecule has 0 aliphatic carbocycles. The molecule has 2 N–H and O–H groups in total. The van der Waals surface area contributed by atoms with Crippen molar-refractivity contribution in [3.8, 4) is 6.07 Å². The summed E-state index contributed by atoms with van der Waals surface area (Å²) >= 11 is 5.95. The van der Waals surface area contributed by atoms with Crippen LogP contribution in [0.1, 0.15) is 17.4 Å². The number of benzene rings is 1. The number of pyridine rings is 1. The normalized spacial score (nSPS) is 12.0. The fraction of sp³-hybridized carbons (Fsp3) is 0.125. The number of fused-ring (bicyclic) bond motifs is 1. The van der Waals surface area contributed by atoms with Crippen molar-refractivity contribution in [2.75, 3.05) is 11.9 Å². The third-order valence-electron chi connectivity index (χ3n) is 3.24. The molecule has 1 atom stereocenters. The summed E-state index contributed by atoms with van der Waals surface area (Å²) < 4.78 is 5.13. The summed E-state index contributed by atoms with van der Waals surface area (Å²) in [4.78, 5) is 4.42. The zero-order valence-corrected chi connectivity index (χ0v) is 12.2. The van der Waals surface area contributed by atoms with Crippen molar-refractivity contribution in [1.29, 1.82) is 5.26 Å². The van der Waals surface area contributed by atoms with Gasteiger partial charge in [-0.1, -0.05) is 11.6 Å². The number of anilines is 1. The number of hydrogen-bond acceptors (Lipinski definition) is 5. The molecule has 22 heavy (non-hydrogen) atoms. The summed E-state index contributed by atoms with van der Waals surface area (Å²) in [5.74, 6) is 0.984. The van der Waals surface area contributed by atoms with Crippen LogP contribution in [0.15, 0.2) is 47.1 Å². The van der Waals surface area contributed by atoms with Gasteiger partial charge in [-0.15, -0.1) is 0 Å². The lowest BCUT2D eigenvalue weighted by Crippen LogP contribution is -2.12. The Balaban J connectivity index is 1.85. The summed E-state index contributed by atoms with van der Waals surface area (Å²) in [7, 11) is 0. The summed E-state index contributed by atoms with van der Waals surface area (Å²) in [5.41, 5.74) is 1.14. The van der Waals surface area contributed by atoms with E-state index in [1.807, 2.05) is 0 Å². The first-order valence-corrected chi connectivity index (χ1v) is 7.01. The molecule has 1 aromatic carbocycles. The van der Waals surface area contributed by atoms with Crippen LogP contribution in [0.2, 0.25) is 5.02 Å². The fourth-order valence-corrected chi connectivity index (χ4v) is 2.34. The molecule has 0 fully saturated rings. The van der Waals surface area contributed by atoms with E-state index in [1.54, 1.807) is 36.4 Å². The average molecular weight is 314 g/mol. The lowest BCUT2D eigenvalue weighted by atomic mass is 10.1. The van der Waals surface area contributed by atoms with Crippen LogP contribution in [0.5, 0.6) is 0 Å². The van der Waals surface area contributed by atoms with Crippen LogP contribution in [-0.2, 0) is 0 Å². The van der Waals surface area contributed by atoms with Gasteiger partial charge in [0.1, 0.15) is 17.7 Å². The molecule has 3 rings (SSSR count). The van der Waals surface area contributed by atoms with E-state index in [4.69, 9.17) is 16.0 Å². The first-order chi connectivity index (χ1) is 10.7. The molecule has 0 saturated heterocycles. The molecule has 0 aliphatic rings. The lowest BCUT2D eigenvalue weighted by molar-refractivity contribution is 0.162. The Labute approximate surface area is 131 Å². The molecule has 6 heteroatoms. The molecule has 0 saturated carbocycles. The third-order valence-corrected chi connectivity index (χ3v) is 3.47. The zero-order valence-electron chi connectivity index (χ0n) is 11.5. The molecule has 5 nitrogen and oxygen atoms in total. The Morgan fingerprint density at radius 3 is 2.95 bits per heavy atom. The van der Waals surface area contributed by atoms with Gasteiger partial charge in [0, 0.05) is 17.0 Å². The third kappa shape index (κ3) is 2.89. The second-order valence-corrected chi connectivity index (χ2v) is 5.18. The molecule has 0 radical (unpaired) electrons. The lowest BCUT2D eigenvalue weighted by Gasteiger charge is -2.11. The maximum absolute atomic E-state index is 9.98. The summed E-state index contributed by atoms with van der Waals surface area (Å²) in [5, 5.41) is 23.5. The van der Waals surface area contributed by atoms with E-state index in [9.17, 15) is 10.4 Å². The van der Waals surface area contributed by atoms with E-state index in [0.717, 1.165) is 0 Å². The molecule has 3 aromatic rings. The van der Waals surface area contributed by atoms with Gasteiger partial charge in [-0.25, -0.2) is 4.98 Å². The van der Waals surface area contributed by atoms with E-state index >= 15 is 0 Å². The number of aliphatic hydroxyl groups is 1. The van der Waals surface area contributed by atoms with Gasteiger partial charge in [-0.3, -0.25) is 0 Å². The summed E-state index contributed by atoms with van der Waals surface area (Å²) in [6, 6.07) is 12.4. The predicted molar refractivity (Wildman–Crippen MR) is 83.6 cm³/mol. The van der Waals surface area contributed by atoms with Crippen LogP contribution in [0, 0.1) is 11.3 Å². The Bertz CT molecular complexity index is 840. The number of nitriles is 1. The van der Waals surface area contributed by atoms with Gasteiger partial charge >= 0.3 is 0 Å². The molecule has 0 aliphatic heterocycles. The summed E-state index contributed by atoms with van der Waals surface area (Å²) in [6.45, 7) is 0.227. The van der Waals surface area contributed by atoms with Crippen LogP contribution in [0.3, 0.4) is 0 Å². The number of aromatic nitrogens is 1. The minimum Gasteiger partial charge on any atom is -0.467 e. The van der Waals surface area contributed by atoms with E-state index < -0.39 is 6.10 Å². The highest BCUT2D eigenvalue weighted by molar-refractivity contribution is 6.31. The first-order valence-electron chi connectivity index (χ1n) is 6.63. The van der Waals surface area contributed by atoms with E-state index in [2.05, 4.69) is 16.4 Å². The van der Waals surface area contributed by atoms with Gasteiger partial charge < -0.3 is 14.8 Å². The molecule has 0 spiro atoms. The largest absolute Gasteiger partial charge is 0.467 e. The molecule has 0 bridgehead atoms. The SMILES string of the molecule is N#Cc1cc(NC[C@@H](O)c2ccco2)nc2ccc(Cl)cc12. The topological polar surface area (TPSA) is 82.1 Å². The number of nitrogens with zero attached hydrogens (tertiary/aromatic N) is 2. The van der Waals surface area contributed by atoms with Crippen LogP contribution in [0.25, 0.3) is 10.9 Å². The molecule has 2 heterocycles. The van der Waals surface area contributed by atoms with Crippen molar-refractivity contribution < 1.29 is 9.52 Å². The highest BCUT2D eigenvalue weighted by Gasteiger charge is 2.11. The van der Waals surface area contributed by atoms with Crippen LogP contribution in [0.4, 0.5) is 5.82 Å². The van der Waals surface area contributed by atoms with E-state index in [1.165, 1.54) is 6.26 Å². The molecule has 2 aromatic heterocycles. The number of rotatable bonds is 4. The van der Waals surface area contributed by atoms with Crippen molar-refractivity contribution in [2.24, 2.45) is 0 Å². The summed E-state index contributed by atoms with van der Waals surface area (Å²) in [6.07, 6.45) is 0.716. The molecule has 0 amide bonds. The highest BCUT2D eigenvalue weighted by atomic mass is 35.5. The Kier molecular flexibility index (Phi) is 3.96. The van der Waals surface area contributed by atoms with Crippen LogP contribution < -0.4 is 5.32 Å². The average Bonchev–Trinajstić information content (AvgIpc) is 3.06. The van der Waals surface area contributed by atoms with Gasteiger partial charge in [0.25, 0.3) is 0 Å². The van der Waals surface area contributed by atoms with Crippen molar-refractivity contribution in [3.05, 3.63) is 59.0 Å². The van der Waals surface area contributed by atoms with Crippen molar-refractivity contribution in [3.63, 3.8) is 0 Å². The monoisotopic (exact) mass is 313 g/mol. The van der Waals surface area contributed by atoms with Crippen molar-refractivity contribution in [2.45, 2.75) is 6.10 Å². The van der Waals surface area contributed by atoms with Gasteiger partial charge in [-0.05, 0) is 36.4 Å². The van der Waals surface area contributed by atoms with Crippen LogP contribution in [-0.4, -0.2) is 16.6 Å². The number of halogens is 1. The molecular formula is C16H12ClN3O2. The second-order valence-electron chi connectivity index (χ2n) is 4.74. The minimum atomic E-state index is -0.789. The van der Waals surface area contributed by atoms with Crippen molar-refractivity contribution in [1.82, 2.24) is 4.98 Å². The first kappa shape index (κ1) is 14.4. The van der Waals surface area contributed by atoms with Gasteiger partial charge in [-0.2, -0.15) is 5.26 Å². The van der Waals surface area contributed by atoms with Gasteiger partial charge in [0.2, 0.25) is 0 Å². The second kappa shape index (κ2) is 6.06. The molecule has 0 unspecified atom stereocenters. The standard InChI is InChI=1S/C16H12ClN3O2/c17-11-3-4-13-12(7-11)10(8-18)6-16(20-13)19-9-14(21)15-2-1-5-22-15/h1-7,14,21H,9H2,(H,19,20)/t14-/m1/s1. The Hall–Kier alpha value is -2.55. The number of aliphatic hydroxyl groups excluding tert-OH is 1. The quantitative estimate of drug-likeness (QED) is 0.770. The smallest absolute Gasteiger partial charge is 0.134 e. The van der Waals surface area contributed by atoms with Crippen LogP contribution >= 0.6 is 11.6 Å². The maximum Gasteiger partial charge on any atom is 0.134 e. The van der Waals surface area contributed by atoms with Crippen molar-refractivity contribution >= 4 is 28.3 Å².